The van der Waals surface area contributed by atoms with E-state index in [4.69, 9.17) is 5.73 Å². The van der Waals surface area contributed by atoms with Crippen LogP contribution in [0.15, 0.2) is 18.2 Å². The number of amides is 1. The summed E-state index contributed by atoms with van der Waals surface area (Å²) in [7, 11) is 0. The minimum atomic E-state index is -4.68. The van der Waals surface area contributed by atoms with Crippen LogP contribution in [0.3, 0.4) is 0 Å². The number of piperazine rings is 1. The van der Waals surface area contributed by atoms with Crippen molar-refractivity contribution in [2.75, 3.05) is 26.2 Å². The lowest BCUT2D eigenvalue weighted by molar-refractivity contribution is -0.138. The summed E-state index contributed by atoms with van der Waals surface area (Å²) in [6.45, 7) is 2.08. The molecule has 1 aromatic rings. The average molecular weight is 305 g/mol. The molecule has 4 nitrogen and oxygen atoms in total. The fourth-order valence-corrected chi connectivity index (χ4v) is 2.43. The van der Waals surface area contributed by atoms with Crippen LogP contribution < -0.4 is 11.1 Å². The summed E-state index contributed by atoms with van der Waals surface area (Å²) in [5, 5.41) is 3.06. The highest BCUT2D eigenvalue weighted by Gasteiger charge is 2.34. The molecule has 1 aliphatic heterocycles. The van der Waals surface area contributed by atoms with Gasteiger partial charge in [0.1, 0.15) is 11.9 Å². The fourth-order valence-electron chi connectivity index (χ4n) is 2.43. The van der Waals surface area contributed by atoms with Crippen molar-refractivity contribution in [1.82, 2.24) is 10.2 Å². The molecule has 8 heteroatoms. The summed E-state index contributed by atoms with van der Waals surface area (Å²) in [6.07, 6.45) is -4.68. The fraction of sp³-hybridized carbons (Fsp3) is 0.462. The van der Waals surface area contributed by atoms with Gasteiger partial charge in [0.05, 0.1) is 5.56 Å². The van der Waals surface area contributed by atoms with Gasteiger partial charge in [0, 0.05) is 26.2 Å². The molecule has 0 bridgehead atoms. The Hall–Kier alpha value is -1.67. The quantitative estimate of drug-likeness (QED) is 0.827. The van der Waals surface area contributed by atoms with E-state index in [0.717, 1.165) is 12.1 Å². The highest BCUT2D eigenvalue weighted by atomic mass is 19.4. The highest BCUT2D eigenvalue weighted by Crippen LogP contribution is 2.33. The highest BCUT2D eigenvalue weighted by molar-refractivity contribution is 5.81. The Labute approximate surface area is 118 Å². The van der Waals surface area contributed by atoms with Crippen molar-refractivity contribution >= 4 is 5.91 Å². The molecule has 0 radical (unpaired) electrons. The second-order valence-corrected chi connectivity index (χ2v) is 4.86. The smallest absolute Gasteiger partial charge is 0.368 e. The van der Waals surface area contributed by atoms with Crippen LogP contribution in [0.25, 0.3) is 0 Å². The zero-order chi connectivity index (χ0) is 15.6. The first-order valence-corrected chi connectivity index (χ1v) is 6.41. The lowest BCUT2D eigenvalue weighted by Gasteiger charge is -2.33. The number of rotatable bonds is 3. The van der Waals surface area contributed by atoms with E-state index in [1.54, 1.807) is 4.90 Å². The first-order chi connectivity index (χ1) is 9.79. The topological polar surface area (TPSA) is 58.4 Å². The molecule has 1 unspecified atom stereocenters. The summed E-state index contributed by atoms with van der Waals surface area (Å²) in [5.74, 6) is -1.84. The van der Waals surface area contributed by atoms with E-state index in [0.29, 0.717) is 32.2 Å². The van der Waals surface area contributed by atoms with Crippen molar-refractivity contribution in [3.05, 3.63) is 35.1 Å². The number of hydrogen-bond acceptors (Lipinski definition) is 3. The van der Waals surface area contributed by atoms with Crippen molar-refractivity contribution in [1.29, 1.82) is 0 Å². The van der Waals surface area contributed by atoms with Crippen LogP contribution >= 0.6 is 0 Å². The van der Waals surface area contributed by atoms with Gasteiger partial charge >= 0.3 is 6.18 Å². The van der Waals surface area contributed by atoms with Gasteiger partial charge in [-0.25, -0.2) is 4.39 Å². The number of carbonyl (C=O) groups is 1. The Morgan fingerprint density at radius 1 is 1.24 bits per heavy atom. The molecule has 0 spiro atoms. The Balaban J connectivity index is 2.40. The van der Waals surface area contributed by atoms with Crippen LogP contribution in [-0.2, 0) is 11.0 Å². The van der Waals surface area contributed by atoms with Gasteiger partial charge < -0.3 is 11.1 Å². The largest absolute Gasteiger partial charge is 0.416 e. The van der Waals surface area contributed by atoms with Gasteiger partial charge in [-0.05, 0) is 23.8 Å². The summed E-state index contributed by atoms with van der Waals surface area (Å²) in [6, 6.07) is 1.04. The Kier molecular flexibility index (Phi) is 4.48. The van der Waals surface area contributed by atoms with Crippen molar-refractivity contribution < 1.29 is 22.4 Å². The zero-order valence-electron chi connectivity index (χ0n) is 11.1. The Morgan fingerprint density at radius 3 is 2.38 bits per heavy atom. The summed E-state index contributed by atoms with van der Waals surface area (Å²) >= 11 is 0. The third-order valence-corrected chi connectivity index (χ3v) is 3.35. The van der Waals surface area contributed by atoms with Gasteiger partial charge in [-0.3, -0.25) is 9.69 Å². The first kappa shape index (κ1) is 15.7. The number of benzene rings is 1. The second kappa shape index (κ2) is 5.98. The number of nitrogens with one attached hydrogen (secondary N) is 1. The van der Waals surface area contributed by atoms with E-state index in [2.05, 4.69) is 5.32 Å². The van der Waals surface area contributed by atoms with Crippen LogP contribution in [0.5, 0.6) is 0 Å². The number of halogens is 4. The Bertz CT molecular complexity index is 527. The van der Waals surface area contributed by atoms with Crippen molar-refractivity contribution in [3.8, 4) is 0 Å². The molecule has 1 aliphatic rings. The van der Waals surface area contributed by atoms with Crippen LogP contribution in [0.2, 0.25) is 0 Å². The SMILES string of the molecule is NC(=O)C(c1cc(F)cc(C(F)(F)F)c1)N1CCNCC1. The summed E-state index contributed by atoms with van der Waals surface area (Å²) in [5.41, 5.74) is 4.11. The predicted octanol–water partition coefficient (Wildman–Crippen LogP) is 1.28. The van der Waals surface area contributed by atoms with E-state index < -0.39 is 29.5 Å². The van der Waals surface area contributed by atoms with E-state index >= 15 is 0 Å². The number of alkyl halides is 3. The molecular formula is C13H15F4N3O. The van der Waals surface area contributed by atoms with E-state index in [1.807, 2.05) is 0 Å². The molecule has 0 saturated carbocycles. The molecule has 1 atom stereocenters. The molecule has 1 heterocycles. The minimum Gasteiger partial charge on any atom is -0.368 e. The van der Waals surface area contributed by atoms with E-state index in [1.165, 1.54) is 0 Å². The normalized spacial score (nSPS) is 18.5. The van der Waals surface area contributed by atoms with E-state index in [9.17, 15) is 22.4 Å². The van der Waals surface area contributed by atoms with Crippen LogP contribution in [0.1, 0.15) is 17.2 Å². The van der Waals surface area contributed by atoms with Gasteiger partial charge in [0.2, 0.25) is 5.91 Å². The number of nitrogens with two attached hydrogens (primary N) is 1. The van der Waals surface area contributed by atoms with Gasteiger partial charge in [-0.15, -0.1) is 0 Å². The third-order valence-electron chi connectivity index (χ3n) is 3.35. The molecule has 1 fully saturated rings. The monoisotopic (exact) mass is 305 g/mol. The van der Waals surface area contributed by atoms with Crippen molar-refractivity contribution in [2.24, 2.45) is 5.73 Å². The van der Waals surface area contributed by atoms with Crippen LogP contribution in [0.4, 0.5) is 17.6 Å². The number of carbonyl (C=O) groups excluding carboxylic acids is 1. The number of primary amides is 1. The van der Waals surface area contributed by atoms with Crippen molar-refractivity contribution in [2.45, 2.75) is 12.2 Å². The maximum Gasteiger partial charge on any atom is 0.416 e. The molecule has 3 N–H and O–H groups in total. The predicted molar refractivity (Wildman–Crippen MR) is 67.8 cm³/mol. The molecule has 1 amide bonds. The maximum atomic E-state index is 13.5. The van der Waals surface area contributed by atoms with Crippen LogP contribution in [0, 0.1) is 5.82 Å². The standard InChI is InChI=1S/C13H15F4N3O/c14-10-6-8(5-9(7-10)13(15,16)17)11(12(18)21)20-3-1-19-2-4-20/h5-7,11,19H,1-4H2,(H2,18,21). The van der Waals surface area contributed by atoms with E-state index in [-0.39, 0.29) is 5.56 Å². The molecule has 1 aromatic carbocycles. The van der Waals surface area contributed by atoms with Gasteiger partial charge in [-0.1, -0.05) is 0 Å². The molecule has 21 heavy (non-hydrogen) atoms. The molecule has 2 rings (SSSR count). The lowest BCUT2D eigenvalue weighted by Crippen LogP contribution is -2.48. The third kappa shape index (κ3) is 3.70. The first-order valence-electron chi connectivity index (χ1n) is 6.41. The number of nitrogens with zero attached hydrogens (tertiary/aromatic N) is 1. The molecule has 1 saturated heterocycles. The molecule has 0 aliphatic carbocycles. The Morgan fingerprint density at radius 2 is 1.86 bits per heavy atom. The number of hydrogen-bond donors (Lipinski definition) is 2. The summed E-state index contributed by atoms with van der Waals surface area (Å²) < 4.78 is 51.7. The second-order valence-electron chi connectivity index (χ2n) is 4.86. The zero-order valence-corrected chi connectivity index (χ0v) is 11.1. The molecule has 0 aromatic heterocycles. The van der Waals surface area contributed by atoms with Crippen LogP contribution in [-0.4, -0.2) is 37.0 Å². The molecule has 116 valence electrons. The lowest BCUT2D eigenvalue weighted by atomic mass is 10.0. The maximum absolute atomic E-state index is 13.5. The van der Waals surface area contributed by atoms with Gasteiger partial charge in [0.25, 0.3) is 0 Å². The van der Waals surface area contributed by atoms with Gasteiger partial charge in [-0.2, -0.15) is 13.2 Å². The summed E-state index contributed by atoms with van der Waals surface area (Å²) in [4.78, 5) is 13.3. The van der Waals surface area contributed by atoms with Crippen molar-refractivity contribution in [3.63, 3.8) is 0 Å². The molecular weight excluding hydrogens is 290 g/mol. The minimum absolute atomic E-state index is 0.0725. The van der Waals surface area contributed by atoms with Gasteiger partial charge in [0.15, 0.2) is 0 Å². The average Bonchev–Trinajstić information content (AvgIpc) is 2.38.